The van der Waals surface area contributed by atoms with Crippen molar-refractivity contribution in [2.24, 2.45) is 0 Å². The molecule has 10 heteroatoms. The number of benzene rings is 2. The lowest BCUT2D eigenvalue weighted by Gasteiger charge is -2.30. The van der Waals surface area contributed by atoms with Crippen LogP contribution in [0.1, 0.15) is 25.8 Å². The second-order valence-electron chi connectivity index (χ2n) is 6.52. The molecule has 0 spiro atoms. The number of non-ortho nitro benzene ring substituents is 1. The van der Waals surface area contributed by atoms with Gasteiger partial charge in [-0.05, 0) is 25.5 Å². The Morgan fingerprint density at radius 1 is 1.20 bits per heavy atom. The quantitative estimate of drug-likeness (QED) is 0.453. The number of hydrogen-bond acceptors (Lipinski definition) is 6. The minimum atomic E-state index is -3.89. The van der Waals surface area contributed by atoms with Crippen molar-refractivity contribution < 1.29 is 22.9 Å². The zero-order valence-corrected chi connectivity index (χ0v) is 17.9. The molecule has 0 unspecified atom stereocenters. The second-order valence-corrected chi connectivity index (χ2v) is 8.38. The Kier molecular flexibility index (Phi) is 7.76. The van der Waals surface area contributed by atoms with E-state index in [9.17, 15) is 23.3 Å². The average Bonchev–Trinajstić information content (AvgIpc) is 2.70. The number of ether oxygens (including phenoxy) is 1. The molecule has 0 saturated heterocycles. The highest BCUT2D eigenvalue weighted by Gasteiger charge is 2.32. The van der Waals surface area contributed by atoms with Crippen LogP contribution in [0.5, 0.6) is 5.75 Å². The van der Waals surface area contributed by atoms with Crippen LogP contribution in [0, 0.1) is 10.1 Å². The van der Waals surface area contributed by atoms with Crippen molar-refractivity contribution in [3.8, 4) is 5.75 Å². The highest BCUT2D eigenvalue weighted by atomic mass is 32.2. The fourth-order valence-electron chi connectivity index (χ4n) is 3.05. The molecule has 1 N–H and O–H groups in total. The molecule has 2 aromatic carbocycles. The molecule has 0 fully saturated rings. The molecule has 2 rings (SSSR count). The van der Waals surface area contributed by atoms with E-state index in [1.165, 1.54) is 18.2 Å². The van der Waals surface area contributed by atoms with E-state index in [0.717, 1.165) is 22.2 Å². The number of hydrogen-bond donors (Lipinski definition) is 1. The van der Waals surface area contributed by atoms with E-state index in [1.807, 2.05) is 19.1 Å². The molecule has 0 radical (unpaired) electrons. The maximum Gasteiger partial charge on any atom is 0.271 e. The van der Waals surface area contributed by atoms with Gasteiger partial charge in [0.1, 0.15) is 11.8 Å². The number of nitrogens with one attached hydrogen (secondary N) is 1. The van der Waals surface area contributed by atoms with Crippen LogP contribution in [-0.2, 0) is 21.4 Å². The summed E-state index contributed by atoms with van der Waals surface area (Å²) in [6.07, 6.45) is 1.14. The van der Waals surface area contributed by atoms with E-state index < -0.39 is 26.9 Å². The Morgan fingerprint density at radius 3 is 2.50 bits per heavy atom. The molecule has 9 nitrogen and oxygen atoms in total. The van der Waals surface area contributed by atoms with Crippen molar-refractivity contribution in [1.29, 1.82) is 0 Å². The van der Waals surface area contributed by atoms with E-state index in [4.69, 9.17) is 4.74 Å². The topological polar surface area (TPSA) is 119 Å². The number of rotatable bonds is 10. The van der Waals surface area contributed by atoms with Gasteiger partial charge in [-0.1, -0.05) is 31.2 Å². The van der Waals surface area contributed by atoms with Gasteiger partial charge < -0.3 is 10.1 Å². The molecule has 0 saturated carbocycles. The van der Waals surface area contributed by atoms with Crippen LogP contribution in [0.15, 0.2) is 48.5 Å². The lowest BCUT2D eigenvalue weighted by molar-refractivity contribution is -0.384. The number of nitro groups is 1. The van der Waals surface area contributed by atoms with E-state index in [-0.39, 0.29) is 24.3 Å². The average molecular weight is 436 g/mol. The predicted octanol–water partition coefficient (Wildman–Crippen LogP) is 2.85. The fraction of sp³-hybridized carbons (Fsp3) is 0.350. The normalized spacial score (nSPS) is 12.1. The highest BCUT2D eigenvalue weighted by molar-refractivity contribution is 7.92. The third-order valence-corrected chi connectivity index (χ3v) is 5.53. The van der Waals surface area contributed by atoms with E-state index in [0.29, 0.717) is 12.4 Å². The van der Waals surface area contributed by atoms with Crippen molar-refractivity contribution >= 4 is 27.3 Å². The summed E-state index contributed by atoms with van der Waals surface area (Å²) in [5, 5.41) is 13.8. The van der Waals surface area contributed by atoms with E-state index in [2.05, 4.69) is 5.32 Å². The Morgan fingerprint density at radius 2 is 1.90 bits per heavy atom. The standard InChI is InChI=1S/C20H25N3O6S/c1-4-18(20(24)21-14-15-9-6-7-12-19(15)29-5-2)22(30(3,27)28)16-10-8-11-17(13-16)23(25)26/h6-13,18H,4-5,14H2,1-3H3,(H,21,24)/t18-/m1/s1. The largest absolute Gasteiger partial charge is 0.494 e. The summed E-state index contributed by atoms with van der Waals surface area (Å²) >= 11 is 0. The first kappa shape index (κ1) is 23.1. The Hall–Kier alpha value is -3.14. The molecule has 0 aliphatic heterocycles. The number of carbonyl (C=O) groups is 1. The van der Waals surface area contributed by atoms with Crippen molar-refractivity contribution in [1.82, 2.24) is 5.32 Å². The van der Waals surface area contributed by atoms with Gasteiger partial charge in [0, 0.05) is 24.2 Å². The first-order valence-electron chi connectivity index (χ1n) is 9.41. The number of anilines is 1. The molecular weight excluding hydrogens is 410 g/mol. The minimum Gasteiger partial charge on any atom is -0.494 e. The first-order chi connectivity index (χ1) is 14.2. The number of amides is 1. The van der Waals surface area contributed by atoms with Crippen LogP contribution in [0.2, 0.25) is 0 Å². The molecule has 0 heterocycles. The third-order valence-electron chi connectivity index (χ3n) is 4.35. The Labute approximate surface area is 175 Å². The summed E-state index contributed by atoms with van der Waals surface area (Å²) < 4.78 is 31.4. The number of para-hydroxylation sites is 1. The molecule has 30 heavy (non-hydrogen) atoms. The molecule has 0 bridgehead atoms. The maximum absolute atomic E-state index is 12.9. The van der Waals surface area contributed by atoms with E-state index in [1.54, 1.807) is 19.1 Å². The smallest absolute Gasteiger partial charge is 0.271 e. The lowest BCUT2D eigenvalue weighted by atomic mass is 10.1. The predicted molar refractivity (Wildman–Crippen MR) is 114 cm³/mol. The summed E-state index contributed by atoms with van der Waals surface area (Å²) in [7, 11) is -3.89. The summed E-state index contributed by atoms with van der Waals surface area (Å²) in [5.41, 5.74) is 0.550. The monoisotopic (exact) mass is 435 g/mol. The van der Waals surface area contributed by atoms with Crippen molar-refractivity contribution in [2.75, 3.05) is 17.2 Å². The Balaban J connectivity index is 2.31. The van der Waals surface area contributed by atoms with Crippen molar-refractivity contribution in [2.45, 2.75) is 32.9 Å². The van der Waals surface area contributed by atoms with Gasteiger partial charge in [0.2, 0.25) is 15.9 Å². The summed E-state index contributed by atoms with van der Waals surface area (Å²) in [6.45, 7) is 4.15. The number of carbonyl (C=O) groups excluding carboxylic acids is 1. The summed E-state index contributed by atoms with van der Waals surface area (Å²) in [4.78, 5) is 23.4. The van der Waals surface area contributed by atoms with Gasteiger partial charge in [-0.15, -0.1) is 0 Å². The van der Waals surface area contributed by atoms with Crippen LogP contribution in [0.3, 0.4) is 0 Å². The fourth-order valence-corrected chi connectivity index (χ4v) is 4.25. The molecule has 162 valence electrons. The summed E-state index contributed by atoms with van der Waals surface area (Å²) in [6, 6.07) is 11.4. The maximum atomic E-state index is 12.9. The molecule has 0 aromatic heterocycles. The minimum absolute atomic E-state index is 0.0587. The summed E-state index contributed by atoms with van der Waals surface area (Å²) in [5.74, 6) is 0.118. The van der Waals surface area contributed by atoms with Crippen LogP contribution in [0.4, 0.5) is 11.4 Å². The van der Waals surface area contributed by atoms with Gasteiger partial charge in [0.05, 0.1) is 23.5 Å². The molecule has 0 aliphatic carbocycles. The van der Waals surface area contributed by atoms with Gasteiger partial charge in [0.25, 0.3) is 5.69 Å². The van der Waals surface area contributed by atoms with Crippen molar-refractivity contribution in [3.05, 3.63) is 64.2 Å². The van der Waals surface area contributed by atoms with Crippen LogP contribution < -0.4 is 14.4 Å². The highest BCUT2D eigenvalue weighted by Crippen LogP contribution is 2.26. The third kappa shape index (κ3) is 5.69. The van der Waals surface area contributed by atoms with Crippen molar-refractivity contribution in [3.63, 3.8) is 0 Å². The molecule has 0 aliphatic rings. The van der Waals surface area contributed by atoms with Crippen LogP contribution >= 0.6 is 0 Å². The van der Waals surface area contributed by atoms with Gasteiger partial charge in [-0.2, -0.15) is 0 Å². The molecular formula is C20H25N3O6S. The molecule has 1 amide bonds. The van der Waals surface area contributed by atoms with Crippen LogP contribution in [-0.4, -0.2) is 38.2 Å². The zero-order valence-electron chi connectivity index (χ0n) is 17.1. The van der Waals surface area contributed by atoms with E-state index >= 15 is 0 Å². The van der Waals surface area contributed by atoms with Crippen LogP contribution in [0.25, 0.3) is 0 Å². The number of nitrogens with zero attached hydrogens (tertiary/aromatic N) is 2. The SMILES string of the molecule is CCOc1ccccc1CNC(=O)[C@@H](CC)N(c1cccc([N+](=O)[O-])c1)S(C)(=O)=O. The number of nitro benzene ring substituents is 1. The molecule has 2 aromatic rings. The molecule has 1 atom stereocenters. The zero-order chi connectivity index (χ0) is 22.3. The van der Waals surface area contributed by atoms with Gasteiger partial charge >= 0.3 is 0 Å². The van der Waals surface area contributed by atoms with Gasteiger partial charge in [-0.3, -0.25) is 19.2 Å². The number of sulfonamides is 1. The lowest BCUT2D eigenvalue weighted by Crippen LogP contribution is -2.49. The Bertz CT molecular complexity index is 1010. The second kappa shape index (κ2) is 10.1. The van der Waals surface area contributed by atoms with Gasteiger partial charge in [0.15, 0.2) is 0 Å². The van der Waals surface area contributed by atoms with Gasteiger partial charge in [-0.25, -0.2) is 8.42 Å². The first-order valence-corrected chi connectivity index (χ1v) is 11.3.